The topological polar surface area (TPSA) is 61.2 Å². The molecule has 0 amide bonds. The fraction of sp³-hybridized carbons (Fsp3) is 0.182. The van der Waals surface area contributed by atoms with Crippen LogP contribution in [-0.2, 0) is 10.0 Å². The van der Waals surface area contributed by atoms with Crippen molar-refractivity contribution in [3.63, 3.8) is 0 Å². The van der Waals surface area contributed by atoms with Gasteiger partial charge in [0, 0.05) is 0 Å². The first-order valence-corrected chi connectivity index (χ1v) is 6.02. The van der Waals surface area contributed by atoms with Crippen LogP contribution in [0.1, 0.15) is 0 Å². The predicted molar refractivity (Wildman–Crippen MR) is 59.6 cm³/mol. The number of terminal acetylenes is 1. The van der Waals surface area contributed by atoms with Crippen LogP contribution in [0.5, 0.6) is 0 Å². The molecule has 1 aromatic rings. The second kappa shape index (κ2) is 5.44. The van der Waals surface area contributed by atoms with Crippen LogP contribution >= 0.6 is 0 Å². The van der Waals surface area contributed by atoms with E-state index in [2.05, 4.69) is 5.92 Å². The number of nitrogens with zero attached hydrogens (tertiary/aromatic N) is 2. The average Bonchev–Trinajstić information content (AvgIpc) is 2.29. The third-order valence-electron chi connectivity index (χ3n) is 1.95. The third-order valence-corrected chi connectivity index (χ3v) is 3.74. The summed E-state index contributed by atoms with van der Waals surface area (Å²) < 4.78 is 37.7. The van der Waals surface area contributed by atoms with Gasteiger partial charge in [-0.15, -0.1) is 6.42 Å². The first-order chi connectivity index (χ1) is 8.02. The van der Waals surface area contributed by atoms with E-state index in [4.69, 9.17) is 11.7 Å². The number of halogens is 1. The Hall–Kier alpha value is -1.89. The number of sulfonamides is 1. The quantitative estimate of drug-likeness (QED) is 0.592. The lowest BCUT2D eigenvalue weighted by molar-refractivity contribution is 0.480. The smallest absolute Gasteiger partial charge is 0.207 e. The second-order valence-corrected chi connectivity index (χ2v) is 5.03. The molecule has 0 aliphatic carbocycles. The van der Waals surface area contributed by atoms with Gasteiger partial charge < -0.3 is 0 Å². The van der Waals surface area contributed by atoms with Crippen molar-refractivity contribution in [2.45, 2.75) is 4.90 Å². The highest BCUT2D eigenvalue weighted by Gasteiger charge is 2.23. The minimum Gasteiger partial charge on any atom is -0.207 e. The van der Waals surface area contributed by atoms with Crippen molar-refractivity contribution in [1.82, 2.24) is 4.31 Å². The van der Waals surface area contributed by atoms with Gasteiger partial charge >= 0.3 is 0 Å². The summed E-state index contributed by atoms with van der Waals surface area (Å²) in [6, 6.07) is 6.25. The lowest BCUT2D eigenvalue weighted by Crippen LogP contribution is -2.31. The Kier molecular flexibility index (Phi) is 4.22. The molecule has 88 valence electrons. The van der Waals surface area contributed by atoms with Crippen molar-refractivity contribution < 1.29 is 12.8 Å². The van der Waals surface area contributed by atoms with Crippen molar-refractivity contribution in [1.29, 1.82) is 5.26 Å². The first-order valence-electron chi connectivity index (χ1n) is 4.58. The summed E-state index contributed by atoms with van der Waals surface area (Å²) in [6.45, 7) is -0.602. The molecule has 0 heterocycles. The molecule has 17 heavy (non-hydrogen) atoms. The summed E-state index contributed by atoms with van der Waals surface area (Å²) in [4.78, 5) is -0.219. The number of hydrogen-bond donors (Lipinski definition) is 0. The molecule has 0 unspecified atom stereocenters. The molecule has 0 bridgehead atoms. The van der Waals surface area contributed by atoms with E-state index in [0.29, 0.717) is 0 Å². The summed E-state index contributed by atoms with van der Waals surface area (Å²) in [7, 11) is -3.92. The Bertz CT molecular complexity index is 568. The predicted octanol–water partition coefficient (Wildman–Crippen LogP) is 0.973. The minimum absolute atomic E-state index is 0.219. The van der Waals surface area contributed by atoms with Gasteiger partial charge in [0.1, 0.15) is 12.4 Å². The molecule has 0 N–H and O–H groups in total. The highest BCUT2D eigenvalue weighted by Crippen LogP contribution is 2.15. The van der Waals surface area contributed by atoms with Gasteiger partial charge in [-0.3, -0.25) is 0 Å². The van der Waals surface area contributed by atoms with Crippen LogP contribution in [0.4, 0.5) is 4.39 Å². The summed E-state index contributed by atoms with van der Waals surface area (Å²) in [5.74, 6) is 1.48. The van der Waals surface area contributed by atoms with Crippen molar-refractivity contribution in [2.24, 2.45) is 0 Å². The van der Waals surface area contributed by atoms with Gasteiger partial charge in [-0.05, 0) is 18.2 Å². The molecule has 0 aliphatic rings. The Balaban J connectivity index is 3.18. The van der Waals surface area contributed by atoms with E-state index in [1.807, 2.05) is 0 Å². The van der Waals surface area contributed by atoms with E-state index in [1.54, 1.807) is 6.07 Å². The zero-order chi connectivity index (χ0) is 12.9. The summed E-state index contributed by atoms with van der Waals surface area (Å²) in [5, 5.41) is 8.53. The van der Waals surface area contributed by atoms with Crippen LogP contribution in [0.25, 0.3) is 0 Å². The van der Waals surface area contributed by atoms with Gasteiger partial charge in [-0.2, -0.15) is 9.57 Å². The van der Waals surface area contributed by atoms with E-state index >= 15 is 0 Å². The highest BCUT2D eigenvalue weighted by molar-refractivity contribution is 7.89. The molecule has 0 fully saturated rings. The lowest BCUT2D eigenvalue weighted by atomic mass is 10.4. The second-order valence-electron chi connectivity index (χ2n) is 3.09. The molecule has 0 aliphatic heterocycles. The molecule has 0 atom stereocenters. The Morgan fingerprint density at radius 1 is 1.41 bits per heavy atom. The Morgan fingerprint density at radius 2 is 2.12 bits per heavy atom. The third kappa shape index (κ3) is 3.04. The fourth-order valence-electron chi connectivity index (χ4n) is 1.18. The zero-order valence-electron chi connectivity index (χ0n) is 8.80. The molecule has 1 aromatic carbocycles. The van der Waals surface area contributed by atoms with E-state index in [0.717, 1.165) is 16.4 Å². The van der Waals surface area contributed by atoms with Crippen molar-refractivity contribution in [3.8, 4) is 18.4 Å². The summed E-state index contributed by atoms with van der Waals surface area (Å²) >= 11 is 0. The van der Waals surface area contributed by atoms with Crippen LogP contribution in [0.15, 0.2) is 29.2 Å². The van der Waals surface area contributed by atoms with E-state index in [-0.39, 0.29) is 18.0 Å². The lowest BCUT2D eigenvalue weighted by Gasteiger charge is -2.16. The maximum Gasteiger partial charge on any atom is 0.245 e. The number of rotatable bonds is 4. The SMILES string of the molecule is C#CCN(CC#N)S(=O)(=O)c1cccc(F)c1. The first kappa shape index (κ1) is 13.2. The summed E-state index contributed by atoms with van der Waals surface area (Å²) in [6.07, 6.45) is 5.02. The van der Waals surface area contributed by atoms with Gasteiger partial charge in [-0.1, -0.05) is 12.0 Å². The van der Waals surface area contributed by atoms with Gasteiger partial charge in [-0.25, -0.2) is 12.8 Å². The molecule has 0 spiro atoms. The van der Waals surface area contributed by atoms with Crippen LogP contribution in [-0.4, -0.2) is 25.8 Å². The number of hydrogen-bond acceptors (Lipinski definition) is 3. The van der Waals surface area contributed by atoms with Crippen LogP contribution in [0.2, 0.25) is 0 Å². The molecular weight excluding hydrogens is 243 g/mol. The Morgan fingerprint density at radius 3 is 2.65 bits per heavy atom. The zero-order valence-corrected chi connectivity index (χ0v) is 9.61. The van der Waals surface area contributed by atoms with E-state index < -0.39 is 15.8 Å². The molecule has 0 saturated heterocycles. The molecule has 1 rings (SSSR count). The van der Waals surface area contributed by atoms with Crippen molar-refractivity contribution >= 4 is 10.0 Å². The van der Waals surface area contributed by atoms with Gasteiger partial charge in [0.05, 0.1) is 17.5 Å². The molecule has 6 heteroatoms. The van der Waals surface area contributed by atoms with Crippen LogP contribution < -0.4 is 0 Å². The standard InChI is InChI=1S/C11H9FN2O2S/c1-2-7-14(8-6-13)17(15,16)11-5-3-4-10(12)9-11/h1,3-5,9H,7-8H2. The molecule has 4 nitrogen and oxygen atoms in total. The molecule has 0 saturated carbocycles. The maximum absolute atomic E-state index is 12.9. The fourth-order valence-corrected chi connectivity index (χ4v) is 2.47. The van der Waals surface area contributed by atoms with E-state index in [9.17, 15) is 12.8 Å². The Labute approximate surface area is 99.3 Å². The van der Waals surface area contributed by atoms with Crippen molar-refractivity contribution in [3.05, 3.63) is 30.1 Å². The van der Waals surface area contributed by atoms with Crippen molar-refractivity contribution in [2.75, 3.05) is 13.1 Å². The average molecular weight is 252 g/mol. The largest absolute Gasteiger partial charge is 0.245 e. The molecular formula is C11H9FN2O2S. The highest BCUT2D eigenvalue weighted by atomic mass is 32.2. The monoisotopic (exact) mass is 252 g/mol. The maximum atomic E-state index is 12.9. The molecule has 0 radical (unpaired) electrons. The molecule has 0 aromatic heterocycles. The van der Waals surface area contributed by atoms with E-state index in [1.165, 1.54) is 12.1 Å². The van der Waals surface area contributed by atoms with Gasteiger partial charge in [0.2, 0.25) is 10.0 Å². The normalized spacial score (nSPS) is 10.8. The van der Waals surface area contributed by atoms with Crippen LogP contribution in [0, 0.1) is 29.5 Å². The van der Waals surface area contributed by atoms with Gasteiger partial charge in [0.25, 0.3) is 0 Å². The number of nitriles is 1. The van der Waals surface area contributed by atoms with Crippen LogP contribution in [0.3, 0.4) is 0 Å². The van der Waals surface area contributed by atoms with Gasteiger partial charge in [0.15, 0.2) is 0 Å². The number of benzene rings is 1. The minimum atomic E-state index is -3.92. The summed E-state index contributed by atoms with van der Waals surface area (Å²) in [5.41, 5.74) is 0.